The van der Waals surface area contributed by atoms with Crippen LogP contribution in [0.1, 0.15) is 13.8 Å². The fourth-order valence-electron chi connectivity index (χ4n) is 0.449. The molecule has 0 bridgehead atoms. The number of carbonyl (C=O) groups excluding carboxylic acids is 2. The van der Waals surface area contributed by atoms with Crippen molar-refractivity contribution in [2.24, 2.45) is 11.8 Å². The summed E-state index contributed by atoms with van der Waals surface area (Å²) in [7, 11) is 0. The van der Waals surface area contributed by atoms with Gasteiger partial charge in [0.25, 0.3) is 0 Å². The van der Waals surface area contributed by atoms with Crippen LogP contribution in [0.2, 0.25) is 0 Å². The zero-order chi connectivity index (χ0) is 8.31. The summed E-state index contributed by atoms with van der Waals surface area (Å²) < 4.78 is 0. The van der Waals surface area contributed by atoms with Crippen LogP contribution in [0.25, 0.3) is 0 Å². The van der Waals surface area contributed by atoms with E-state index in [1.165, 1.54) is 0 Å². The van der Waals surface area contributed by atoms with Crippen molar-refractivity contribution in [2.75, 3.05) is 0 Å². The molecule has 0 aromatic rings. The van der Waals surface area contributed by atoms with E-state index in [2.05, 4.69) is 0 Å². The van der Waals surface area contributed by atoms with Gasteiger partial charge in [0, 0.05) is 11.8 Å². The van der Waals surface area contributed by atoms with Gasteiger partial charge in [0.15, 0.2) is 0 Å². The van der Waals surface area contributed by atoms with Gasteiger partial charge in [0.05, 0.1) is 0 Å². The van der Waals surface area contributed by atoms with Crippen molar-refractivity contribution in [3.8, 4) is 0 Å². The quantitative estimate of drug-likeness (QED) is 0.541. The number of hydrogen-bond donors (Lipinski definition) is 0. The second-order valence-corrected chi connectivity index (χ2v) is 2.41. The molecule has 0 N–H and O–H groups in total. The van der Waals surface area contributed by atoms with Crippen LogP contribution in [-0.2, 0) is 9.59 Å². The molecule has 0 aliphatic rings. The Labute approximate surface area is 61.6 Å². The first-order valence-electron chi connectivity index (χ1n) is 3.06. The molecular formula is C8H10O2. The Morgan fingerprint density at radius 2 is 1.50 bits per heavy atom. The maximum absolute atomic E-state index is 10.8. The second-order valence-electron chi connectivity index (χ2n) is 2.41. The molecule has 2 nitrogen and oxygen atoms in total. The van der Waals surface area contributed by atoms with Crippen molar-refractivity contribution < 1.29 is 9.59 Å². The molecular weight excluding hydrogens is 128 g/mol. The van der Waals surface area contributed by atoms with E-state index < -0.39 is 17.5 Å². The van der Waals surface area contributed by atoms with E-state index >= 15 is 0 Å². The standard InChI is InChI=1S/C8H10O2/c1-5(2)7(9)8(10)6(3)4/h1-2,5-6H,3-4H3. The molecule has 0 atom stereocenters. The van der Waals surface area contributed by atoms with Gasteiger partial charge in [0.2, 0.25) is 11.6 Å². The zero-order valence-corrected chi connectivity index (χ0v) is 6.13. The Balaban J connectivity index is 4.10. The highest BCUT2D eigenvalue weighted by molar-refractivity contribution is 6.38. The Morgan fingerprint density at radius 3 is 1.60 bits per heavy atom. The van der Waals surface area contributed by atoms with Crippen LogP contribution in [0.3, 0.4) is 0 Å². The maximum atomic E-state index is 10.8. The van der Waals surface area contributed by atoms with E-state index in [1.54, 1.807) is 13.8 Å². The summed E-state index contributed by atoms with van der Waals surface area (Å²) in [6.45, 7) is 13.2. The van der Waals surface area contributed by atoms with Crippen molar-refractivity contribution in [1.82, 2.24) is 0 Å². The normalized spacial score (nSPS) is 10.6. The molecule has 10 heavy (non-hydrogen) atoms. The molecule has 0 aliphatic heterocycles. The summed E-state index contributed by atoms with van der Waals surface area (Å²) >= 11 is 0. The summed E-state index contributed by atoms with van der Waals surface area (Å²) in [5.41, 5.74) is 0. The summed E-state index contributed by atoms with van der Waals surface area (Å²) in [6.07, 6.45) is 0. The van der Waals surface area contributed by atoms with Gasteiger partial charge in [-0.15, -0.1) is 0 Å². The van der Waals surface area contributed by atoms with E-state index in [1.807, 2.05) is 0 Å². The molecule has 0 heterocycles. The zero-order valence-electron chi connectivity index (χ0n) is 6.13. The third kappa shape index (κ3) is 2.29. The highest BCUT2D eigenvalue weighted by Gasteiger charge is 2.20. The van der Waals surface area contributed by atoms with Gasteiger partial charge in [-0.05, 0) is 13.8 Å². The fraction of sp³-hybridized carbons (Fsp3) is 0.500. The van der Waals surface area contributed by atoms with Crippen molar-refractivity contribution in [3.63, 3.8) is 0 Å². The predicted octanol–water partition coefficient (Wildman–Crippen LogP) is 0.819. The summed E-state index contributed by atoms with van der Waals surface area (Å²) in [5, 5.41) is 0. The van der Waals surface area contributed by atoms with Crippen LogP contribution in [0.5, 0.6) is 0 Å². The molecule has 4 radical (unpaired) electrons. The first-order valence-corrected chi connectivity index (χ1v) is 3.06. The Hall–Kier alpha value is -0.660. The van der Waals surface area contributed by atoms with Crippen LogP contribution in [0.4, 0.5) is 0 Å². The first kappa shape index (κ1) is 9.34. The second kappa shape index (κ2) is 3.49. The van der Waals surface area contributed by atoms with Crippen LogP contribution in [0.15, 0.2) is 0 Å². The molecule has 0 aromatic heterocycles. The third-order valence-corrected chi connectivity index (χ3v) is 1.07. The van der Waals surface area contributed by atoms with Crippen LogP contribution in [0, 0.1) is 25.7 Å². The lowest BCUT2D eigenvalue weighted by molar-refractivity contribution is -0.139. The summed E-state index contributed by atoms with van der Waals surface area (Å²) in [4.78, 5) is 21.5. The van der Waals surface area contributed by atoms with Gasteiger partial charge >= 0.3 is 0 Å². The molecule has 0 saturated heterocycles. The average Bonchev–Trinajstić information content (AvgIpc) is 1.84. The molecule has 54 valence electrons. The molecule has 0 rings (SSSR count). The minimum Gasteiger partial charge on any atom is -0.291 e. The van der Waals surface area contributed by atoms with Gasteiger partial charge in [-0.3, -0.25) is 9.59 Å². The van der Waals surface area contributed by atoms with E-state index in [9.17, 15) is 9.59 Å². The molecule has 0 unspecified atom stereocenters. The maximum Gasteiger partial charge on any atom is 0.202 e. The van der Waals surface area contributed by atoms with Crippen molar-refractivity contribution in [2.45, 2.75) is 13.8 Å². The Bertz CT molecular complexity index is 127. The summed E-state index contributed by atoms with van der Waals surface area (Å²) in [6, 6.07) is 0. The van der Waals surface area contributed by atoms with Crippen LogP contribution >= 0.6 is 0 Å². The van der Waals surface area contributed by atoms with E-state index in [-0.39, 0.29) is 5.92 Å². The molecule has 2 heteroatoms. The highest BCUT2D eigenvalue weighted by atomic mass is 16.2. The fourth-order valence-corrected chi connectivity index (χ4v) is 0.449. The van der Waals surface area contributed by atoms with Crippen LogP contribution in [-0.4, -0.2) is 11.6 Å². The molecule has 0 aliphatic carbocycles. The van der Waals surface area contributed by atoms with E-state index in [0.717, 1.165) is 0 Å². The molecule has 0 amide bonds. The van der Waals surface area contributed by atoms with Crippen molar-refractivity contribution >= 4 is 11.6 Å². The number of rotatable bonds is 3. The smallest absolute Gasteiger partial charge is 0.202 e. The number of Topliss-reactive ketones (excluding diaryl/α,β-unsaturated/α-hetero) is 2. The number of carbonyl (C=O) groups is 2. The summed E-state index contributed by atoms with van der Waals surface area (Å²) in [5.74, 6) is -2.68. The lowest BCUT2D eigenvalue weighted by Crippen LogP contribution is -2.24. The monoisotopic (exact) mass is 138 g/mol. The lowest BCUT2D eigenvalue weighted by atomic mass is 9.98. The molecule has 0 saturated carbocycles. The highest BCUT2D eigenvalue weighted by Crippen LogP contribution is 2.01. The minimum absolute atomic E-state index is 0.318. The predicted molar refractivity (Wildman–Crippen MR) is 36.9 cm³/mol. The molecule has 0 fully saturated rings. The molecule has 0 spiro atoms. The first-order chi connectivity index (χ1) is 4.46. The van der Waals surface area contributed by atoms with Gasteiger partial charge < -0.3 is 0 Å². The van der Waals surface area contributed by atoms with Gasteiger partial charge in [0.1, 0.15) is 0 Å². The van der Waals surface area contributed by atoms with Gasteiger partial charge in [-0.2, -0.15) is 0 Å². The number of ketones is 2. The van der Waals surface area contributed by atoms with Crippen LogP contribution < -0.4 is 0 Å². The Kier molecular flexibility index (Phi) is 3.26. The topological polar surface area (TPSA) is 34.1 Å². The molecule has 0 aromatic carbocycles. The van der Waals surface area contributed by atoms with Crippen molar-refractivity contribution in [3.05, 3.63) is 13.8 Å². The van der Waals surface area contributed by atoms with E-state index in [0.29, 0.717) is 0 Å². The lowest BCUT2D eigenvalue weighted by Gasteiger charge is -2.03. The van der Waals surface area contributed by atoms with E-state index in [4.69, 9.17) is 13.8 Å². The Morgan fingerprint density at radius 1 is 1.10 bits per heavy atom. The van der Waals surface area contributed by atoms with Gasteiger partial charge in [-0.1, -0.05) is 13.8 Å². The van der Waals surface area contributed by atoms with Gasteiger partial charge in [-0.25, -0.2) is 0 Å². The van der Waals surface area contributed by atoms with Crippen molar-refractivity contribution in [1.29, 1.82) is 0 Å². The number of hydrogen-bond acceptors (Lipinski definition) is 2. The minimum atomic E-state index is -1.16. The average molecular weight is 138 g/mol. The third-order valence-electron chi connectivity index (χ3n) is 1.07. The SMILES string of the molecule is [CH]C([CH])C(=O)C(=O)C(C)C. The largest absolute Gasteiger partial charge is 0.291 e.